The highest BCUT2D eigenvalue weighted by Gasteiger charge is 2.17. The highest BCUT2D eigenvalue weighted by atomic mass is 16.2. The van der Waals surface area contributed by atoms with Gasteiger partial charge >= 0.3 is 5.69 Å². The summed E-state index contributed by atoms with van der Waals surface area (Å²) in [6.45, 7) is 0.607. The van der Waals surface area contributed by atoms with Crippen LogP contribution in [0.3, 0.4) is 0 Å². The van der Waals surface area contributed by atoms with Crippen LogP contribution in [-0.2, 0) is 25.8 Å². The normalized spacial score (nSPS) is 13.8. The molecular weight excluding hydrogens is 300 g/mol. The van der Waals surface area contributed by atoms with Gasteiger partial charge in [-0.25, -0.2) is 4.79 Å². The van der Waals surface area contributed by atoms with Gasteiger partial charge in [0.05, 0.1) is 0 Å². The van der Waals surface area contributed by atoms with E-state index in [4.69, 9.17) is 0 Å². The molecule has 0 aliphatic heterocycles. The fourth-order valence-electron chi connectivity index (χ4n) is 3.67. The Bertz CT molecular complexity index is 1010. The van der Waals surface area contributed by atoms with Crippen LogP contribution in [-0.4, -0.2) is 9.55 Å². The number of aryl methyl sites for hydroxylation is 1. The molecule has 0 spiro atoms. The molecule has 1 aliphatic rings. The zero-order valence-electron chi connectivity index (χ0n) is 13.5. The van der Waals surface area contributed by atoms with Crippen LogP contribution < -0.4 is 11.2 Å². The minimum atomic E-state index is -0.276. The van der Waals surface area contributed by atoms with Gasteiger partial charge < -0.3 is 0 Å². The third-order valence-corrected chi connectivity index (χ3v) is 4.94. The zero-order valence-corrected chi connectivity index (χ0v) is 13.5. The number of aromatic nitrogens is 2. The van der Waals surface area contributed by atoms with Crippen molar-refractivity contribution in [2.24, 2.45) is 0 Å². The summed E-state index contributed by atoms with van der Waals surface area (Å²) in [6, 6.07) is 14.7. The largest absolute Gasteiger partial charge is 0.328 e. The van der Waals surface area contributed by atoms with E-state index in [1.807, 2.05) is 12.1 Å². The van der Waals surface area contributed by atoms with Gasteiger partial charge in [0.2, 0.25) is 0 Å². The number of nitrogens with zero attached hydrogens (tertiary/aromatic N) is 1. The number of nitrogens with one attached hydrogen (secondary N) is 1. The van der Waals surface area contributed by atoms with E-state index in [1.54, 1.807) is 4.57 Å². The van der Waals surface area contributed by atoms with E-state index >= 15 is 0 Å². The summed E-state index contributed by atoms with van der Waals surface area (Å²) in [6.07, 6.45) is 4.46. The summed E-state index contributed by atoms with van der Waals surface area (Å²) in [5, 5.41) is 2.44. The van der Waals surface area contributed by atoms with Crippen molar-refractivity contribution in [3.8, 4) is 0 Å². The van der Waals surface area contributed by atoms with Crippen LogP contribution in [0, 0.1) is 0 Å². The van der Waals surface area contributed by atoms with Crippen LogP contribution in [0.25, 0.3) is 10.8 Å². The molecule has 0 atom stereocenters. The Labute approximate surface area is 139 Å². The lowest BCUT2D eigenvalue weighted by Crippen LogP contribution is -2.37. The van der Waals surface area contributed by atoms with Crippen LogP contribution >= 0.6 is 0 Å². The van der Waals surface area contributed by atoms with E-state index in [-0.39, 0.29) is 11.2 Å². The van der Waals surface area contributed by atoms with Crippen molar-refractivity contribution in [2.45, 2.75) is 38.6 Å². The first kappa shape index (κ1) is 14.9. The van der Waals surface area contributed by atoms with Gasteiger partial charge in [-0.05, 0) is 48.4 Å². The van der Waals surface area contributed by atoms with Gasteiger partial charge in [0.25, 0.3) is 5.56 Å². The van der Waals surface area contributed by atoms with Crippen molar-refractivity contribution >= 4 is 10.8 Å². The molecule has 2 aromatic carbocycles. The number of H-pyrrole nitrogens is 1. The summed E-state index contributed by atoms with van der Waals surface area (Å²) in [7, 11) is 0. The van der Waals surface area contributed by atoms with Crippen LogP contribution in [0.5, 0.6) is 0 Å². The predicted molar refractivity (Wildman–Crippen MR) is 95.6 cm³/mol. The van der Waals surface area contributed by atoms with Crippen molar-refractivity contribution in [2.75, 3.05) is 0 Å². The van der Waals surface area contributed by atoms with Crippen molar-refractivity contribution < 1.29 is 0 Å². The molecule has 0 radical (unpaired) electrons. The Morgan fingerprint density at radius 2 is 1.75 bits per heavy atom. The summed E-state index contributed by atoms with van der Waals surface area (Å²) in [5.41, 5.74) is 2.48. The first-order valence-electron chi connectivity index (χ1n) is 8.55. The Morgan fingerprint density at radius 3 is 2.62 bits per heavy atom. The van der Waals surface area contributed by atoms with E-state index in [2.05, 4.69) is 35.3 Å². The topological polar surface area (TPSA) is 54.9 Å². The molecule has 3 aromatic rings. The average Bonchev–Trinajstić information content (AvgIpc) is 2.61. The van der Waals surface area contributed by atoms with Crippen LogP contribution in [0.2, 0.25) is 0 Å². The SMILES string of the molecule is O=c1[nH]c(=O)n(CCc2ccc3ccccc3c2)c2c1CCCC2. The second-order valence-corrected chi connectivity index (χ2v) is 6.47. The number of benzene rings is 2. The van der Waals surface area contributed by atoms with Gasteiger partial charge in [-0.2, -0.15) is 0 Å². The maximum absolute atomic E-state index is 12.3. The van der Waals surface area contributed by atoms with E-state index in [9.17, 15) is 9.59 Å². The Hall–Kier alpha value is -2.62. The van der Waals surface area contributed by atoms with Crippen molar-refractivity contribution in [1.29, 1.82) is 0 Å². The van der Waals surface area contributed by atoms with Crippen LogP contribution in [0.1, 0.15) is 29.7 Å². The fourth-order valence-corrected chi connectivity index (χ4v) is 3.67. The van der Waals surface area contributed by atoms with Gasteiger partial charge in [-0.15, -0.1) is 0 Å². The maximum atomic E-state index is 12.3. The lowest BCUT2D eigenvalue weighted by Gasteiger charge is -2.19. The average molecular weight is 320 g/mol. The molecule has 24 heavy (non-hydrogen) atoms. The Balaban J connectivity index is 1.65. The quantitative estimate of drug-likeness (QED) is 0.807. The molecule has 1 N–H and O–H groups in total. The van der Waals surface area contributed by atoms with Crippen LogP contribution in [0.15, 0.2) is 52.1 Å². The van der Waals surface area contributed by atoms with E-state index < -0.39 is 0 Å². The van der Waals surface area contributed by atoms with Crippen LogP contribution in [0.4, 0.5) is 0 Å². The minimum Gasteiger partial charge on any atom is -0.297 e. The second kappa shape index (κ2) is 6.11. The molecule has 1 aliphatic carbocycles. The standard InChI is InChI=1S/C20H20N2O2/c23-19-17-7-3-4-8-18(17)22(20(24)21-19)12-11-14-9-10-15-5-1-2-6-16(15)13-14/h1-2,5-6,9-10,13H,3-4,7-8,11-12H2,(H,21,23,24). The number of fused-ring (bicyclic) bond motifs is 2. The Morgan fingerprint density at radius 1 is 0.958 bits per heavy atom. The van der Waals surface area contributed by atoms with Gasteiger partial charge in [-0.1, -0.05) is 42.5 Å². The molecule has 4 rings (SSSR count). The first-order valence-corrected chi connectivity index (χ1v) is 8.55. The number of hydrogen-bond acceptors (Lipinski definition) is 2. The fraction of sp³-hybridized carbons (Fsp3) is 0.300. The second-order valence-electron chi connectivity index (χ2n) is 6.47. The van der Waals surface area contributed by atoms with E-state index in [1.165, 1.54) is 16.3 Å². The van der Waals surface area contributed by atoms with E-state index in [0.717, 1.165) is 43.4 Å². The smallest absolute Gasteiger partial charge is 0.297 e. The lowest BCUT2D eigenvalue weighted by atomic mass is 9.96. The molecule has 122 valence electrons. The molecule has 4 heteroatoms. The molecule has 0 saturated carbocycles. The molecule has 1 heterocycles. The minimum absolute atomic E-state index is 0.198. The van der Waals surface area contributed by atoms with Gasteiger partial charge in [-0.3, -0.25) is 14.3 Å². The zero-order chi connectivity index (χ0) is 16.5. The molecule has 4 nitrogen and oxygen atoms in total. The number of aromatic amines is 1. The molecule has 0 amide bonds. The molecule has 1 aromatic heterocycles. The molecular formula is C20H20N2O2. The van der Waals surface area contributed by atoms with E-state index in [0.29, 0.717) is 6.54 Å². The van der Waals surface area contributed by atoms with Crippen molar-refractivity contribution in [1.82, 2.24) is 9.55 Å². The Kier molecular flexibility index (Phi) is 3.81. The monoisotopic (exact) mass is 320 g/mol. The highest BCUT2D eigenvalue weighted by Crippen LogP contribution is 2.18. The molecule has 0 unspecified atom stereocenters. The molecule has 0 saturated heterocycles. The lowest BCUT2D eigenvalue weighted by molar-refractivity contribution is 0.552. The summed E-state index contributed by atoms with van der Waals surface area (Å²) >= 11 is 0. The van der Waals surface area contributed by atoms with Crippen molar-refractivity contribution in [3.63, 3.8) is 0 Å². The third kappa shape index (κ3) is 2.68. The summed E-state index contributed by atoms with van der Waals surface area (Å²) < 4.78 is 1.77. The summed E-state index contributed by atoms with van der Waals surface area (Å²) in [5.74, 6) is 0. The molecule has 0 fully saturated rings. The summed E-state index contributed by atoms with van der Waals surface area (Å²) in [4.78, 5) is 26.7. The van der Waals surface area contributed by atoms with Gasteiger partial charge in [0.1, 0.15) is 0 Å². The highest BCUT2D eigenvalue weighted by molar-refractivity contribution is 5.82. The third-order valence-electron chi connectivity index (χ3n) is 4.94. The number of hydrogen-bond donors (Lipinski definition) is 1. The van der Waals surface area contributed by atoms with Crippen molar-refractivity contribution in [3.05, 3.63) is 80.1 Å². The maximum Gasteiger partial charge on any atom is 0.328 e. The first-order chi connectivity index (χ1) is 11.7. The number of rotatable bonds is 3. The molecule has 0 bridgehead atoms. The predicted octanol–water partition coefficient (Wildman–Crippen LogP) is 2.81. The van der Waals surface area contributed by atoms with Gasteiger partial charge in [0, 0.05) is 17.8 Å². The van der Waals surface area contributed by atoms with Gasteiger partial charge in [0.15, 0.2) is 0 Å².